The summed E-state index contributed by atoms with van der Waals surface area (Å²) >= 11 is 0. The van der Waals surface area contributed by atoms with Crippen molar-refractivity contribution in [2.45, 2.75) is 11.1 Å². The summed E-state index contributed by atoms with van der Waals surface area (Å²) in [6.45, 7) is 0.965. The molecule has 2 N–H and O–H groups in total. The molecule has 0 radical (unpaired) electrons. The Labute approximate surface area is 165 Å². The van der Waals surface area contributed by atoms with E-state index in [2.05, 4.69) is 10.9 Å². The van der Waals surface area contributed by atoms with Gasteiger partial charge in [-0.25, -0.2) is 8.42 Å². The van der Waals surface area contributed by atoms with Crippen molar-refractivity contribution >= 4 is 21.6 Å². The number of nitrogens with zero attached hydrogens (tertiary/aromatic N) is 1. The van der Waals surface area contributed by atoms with E-state index < -0.39 is 27.7 Å². The van der Waals surface area contributed by atoms with E-state index in [-0.39, 0.29) is 42.4 Å². The average Bonchev–Trinajstić information content (AvgIpc) is 2.72. The van der Waals surface area contributed by atoms with Gasteiger partial charge < -0.3 is 4.74 Å². The standard InChI is InChI=1S/C18H18F3N3O4S/c19-18(20,21)15-6-1-2-7-16(15)22-23-17(25)13-4-3-5-14(12-13)29(26,27)24-8-10-28-11-9-24/h1-7,12,22H,8-11H2,(H,23,25). The highest BCUT2D eigenvalue weighted by Crippen LogP contribution is 2.34. The second-order valence-electron chi connectivity index (χ2n) is 6.17. The number of halogens is 3. The molecule has 0 bridgehead atoms. The minimum atomic E-state index is -4.60. The number of alkyl halides is 3. The van der Waals surface area contributed by atoms with Gasteiger partial charge in [0.1, 0.15) is 0 Å². The lowest BCUT2D eigenvalue weighted by atomic mass is 10.2. The quantitative estimate of drug-likeness (QED) is 0.713. The summed E-state index contributed by atoms with van der Waals surface area (Å²) < 4.78 is 70.9. The Morgan fingerprint density at radius 1 is 1.03 bits per heavy atom. The molecule has 2 aromatic rings. The summed E-state index contributed by atoms with van der Waals surface area (Å²) in [7, 11) is -3.81. The monoisotopic (exact) mass is 429 g/mol. The van der Waals surface area contributed by atoms with Gasteiger partial charge in [-0.2, -0.15) is 17.5 Å². The number of para-hydroxylation sites is 1. The van der Waals surface area contributed by atoms with Crippen LogP contribution in [-0.2, 0) is 20.9 Å². The van der Waals surface area contributed by atoms with Gasteiger partial charge in [0.2, 0.25) is 10.0 Å². The predicted molar refractivity (Wildman–Crippen MR) is 98.6 cm³/mol. The molecule has 0 spiro atoms. The van der Waals surface area contributed by atoms with E-state index in [1.807, 2.05) is 0 Å². The van der Waals surface area contributed by atoms with Crippen LogP contribution in [0.25, 0.3) is 0 Å². The number of hydrazine groups is 1. The predicted octanol–water partition coefficient (Wildman–Crippen LogP) is 2.48. The van der Waals surface area contributed by atoms with Crippen molar-refractivity contribution in [3.05, 3.63) is 59.7 Å². The molecule has 0 aromatic heterocycles. The number of morpholine rings is 1. The molecule has 29 heavy (non-hydrogen) atoms. The van der Waals surface area contributed by atoms with E-state index in [1.165, 1.54) is 46.8 Å². The molecule has 1 saturated heterocycles. The van der Waals surface area contributed by atoms with E-state index in [0.717, 1.165) is 6.07 Å². The van der Waals surface area contributed by atoms with E-state index in [9.17, 15) is 26.4 Å². The van der Waals surface area contributed by atoms with Crippen molar-refractivity contribution < 1.29 is 31.1 Å². The topological polar surface area (TPSA) is 87.7 Å². The fourth-order valence-electron chi connectivity index (χ4n) is 2.77. The van der Waals surface area contributed by atoms with Gasteiger partial charge in [0.15, 0.2) is 0 Å². The molecule has 0 saturated carbocycles. The van der Waals surface area contributed by atoms with Crippen LogP contribution >= 0.6 is 0 Å². The Hall–Kier alpha value is -2.63. The van der Waals surface area contributed by atoms with Gasteiger partial charge in [0, 0.05) is 18.7 Å². The molecule has 0 unspecified atom stereocenters. The summed E-state index contributed by atoms with van der Waals surface area (Å²) in [5, 5.41) is 0. The third kappa shape index (κ3) is 4.86. The van der Waals surface area contributed by atoms with E-state index in [4.69, 9.17) is 4.74 Å². The number of rotatable bonds is 5. The average molecular weight is 429 g/mol. The third-order valence-corrected chi connectivity index (χ3v) is 6.14. The first-order chi connectivity index (χ1) is 13.7. The summed E-state index contributed by atoms with van der Waals surface area (Å²) in [6.07, 6.45) is -4.60. The van der Waals surface area contributed by atoms with Crippen molar-refractivity contribution in [1.82, 2.24) is 9.73 Å². The zero-order valence-electron chi connectivity index (χ0n) is 15.1. The maximum absolute atomic E-state index is 13.0. The van der Waals surface area contributed by atoms with Crippen LogP contribution in [0.2, 0.25) is 0 Å². The number of carbonyl (C=O) groups excluding carboxylic acids is 1. The normalized spacial score (nSPS) is 15.7. The Morgan fingerprint density at radius 2 is 1.72 bits per heavy atom. The van der Waals surface area contributed by atoms with Crippen LogP contribution in [-0.4, -0.2) is 44.9 Å². The summed E-state index contributed by atoms with van der Waals surface area (Å²) in [4.78, 5) is 12.3. The number of anilines is 1. The molecule has 1 aliphatic heterocycles. The molecule has 3 rings (SSSR count). The van der Waals surface area contributed by atoms with Crippen LogP contribution in [0.5, 0.6) is 0 Å². The smallest absolute Gasteiger partial charge is 0.379 e. The van der Waals surface area contributed by atoms with Crippen LogP contribution in [0.4, 0.5) is 18.9 Å². The van der Waals surface area contributed by atoms with Crippen molar-refractivity contribution in [3.63, 3.8) is 0 Å². The molecule has 2 aromatic carbocycles. The maximum Gasteiger partial charge on any atom is 0.418 e. The molecule has 1 heterocycles. The molecule has 1 fully saturated rings. The molecular weight excluding hydrogens is 411 g/mol. The summed E-state index contributed by atoms with van der Waals surface area (Å²) in [5.74, 6) is -0.777. The number of nitrogens with one attached hydrogen (secondary N) is 2. The minimum absolute atomic E-state index is 0.0173. The number of hydrogen-bond donors (Lipinski definition) is 2. The van der Waals surface area contributed by atoms with Crippen molar-refractivity contribution in [3.8, 4) is 0 Å². The molecular formula is C18H18F3N3O4S. The van der Waals surface area contributed by atoms with Gasteiger partial charge in [-0.15, -0.1) is 0 Å². The zero-order chi connectivity index (χ0) is 21.1. The van der Waals surface area contributed by atoms with Gasteiger partial charge >= 0.3 is 6.18 Å². The van der Waals surface area contributed by atoms with Gasteiger partial charge in [-0.1, -0.05) is 18.2 Å². The Bertz CT molecular complexity index is 990. The second-order valence-corrected chi connectivity index (χ2v) is 8.10. The van der Waals surface area contributed by atoms with Gasteiger partial charge in [0.05, 0.1) is 29.4 Å². The highest BCUT2D eigenvalue weighted by atomic mass is 32.2. The van der Waals surface area contributed by atoms with E-state index >= 15 is 0 Å². The fourth-order valence-corrected chi connectivity index (χ4v) is 4.22. The van der Waals surface area contributed by atoms with Crippen LogP contribution in [0.3, 0.4) is 0 Å². The fraction of sp³-hybridized carbons (Fsp3) is 0.278. The molecule has 0 atom stereocenters. The van der Waals surface area contributed by atoms with Gasteiger partial charge in [-0.3, -0.25) is 15.6 Å². The lowest BCUT2D eigenvalue weighted by Gasteiger charge is -2.26. The first kappa shape index (κ1) is 21.1. The molecule has 156 valence electrons. The van der Waals surface area contributed by atoms with E-state index in [1.54, 1.807) is 0 Å². The minimum Gasteiger partial charge on any atom is -0.379 e. The van der Waals surface area contributed by atoms with Crippen molar-refractivity contribution in [2.75, 3.05) is 31.7 Å². The number of ether oxygens (including phenoxy) is 1. The Kier molecular flexibility index (Phi) is 6.10. The lowest BCUT2D eigenvalue weighted by Crippen LogP contribution is -2.40. The number of sulfonamides is 1. The lowest BCUT2D eigenvalue weighted by molar-refractivity contribution is -0.137. The number of amides is 1. The van der Waals surface area contributed by atoms with Gasteiger partial charge in [0.25, 0.3) is 5.91 Å². The summed E-state index contributed by atoms with van der Waals surface area (Å²) in [6, 6.07) is 9.96. The number of benzene rings is 2. The second kappa shape index (κ2) is 8.39. The molecule has 0 aliphatic carbocycles. The molecule has 1 aliphatic rings. The van der Waals surface area contributed by atoms with Crippen molar-refractivity contribution in [1.29, 1.82) is 0 Å². The highest BCUT2D eigenvalue weighted by Gasteiger charge is 2.33. The third-order valence-electron chi connectivity index (χ3n) is 4.25. The first-order valence-electron chi connectivity index (χ1n) is 8.60. The largest absolute Gasteiger partial charge is 0.418 e. The van der Waals surface area contributed by atoms with Crippen LogP contribution in [0, 0.1) is 0 Å². The van der Waals surface area contributed by atoms with E-state index in [0.29, 0.717) is 0 Å². The molecule has 7 nitrogen and oxygen atoms in total. The Morgan fingerprint density at radius 3 is 2.41 bits per heavy atom. The Balaban J connectivity index is 1.75. The van der Waals surface area contributed by atoms with Gasteiger partial charge in [-0.05, 0) is 30.3 Å². The summed E-state index contributed by atoms with van der Waals surface area (Å²) in [5.41, 5.74) is 3.13. The maximum atomic E-state index is 13.0. The van der Waals surface area contributed by atoms with Crippen LogP contribution < -0.4 is 10.9 Å². The molecule has 1 amide bonds. The number of carbonyl (C=O) groups is 1. The van der Waals surface area contributed by atoms with Crippen LogP contribution in [0.15, 0.2) is 53.4 Å². The van der Waals surface area contributed by atoms with Crippen LogP contribution in [0.1, 0.15) is 15.9 Å². The molecule has 11 heteroatoms. The van der Waals surface area contributed by atoms with Crippen molar-refractivity contribution in [2.24, 2.45) is 0 Å². The highest BCUT2D eigenvalue weighted by molar-refractivity contribution is 7.89. The first-order valence-corrected chi connectivity index (χ1v) is 10.0. The zero-order valence-corrected chi connectivity index (χ0v) is 15.9. The SMILES string of the molecule is O=C(NNc1ccccc1C(F)(F)F)c1cccc(S(=O)(=O)N2CCOCC2)c1. The number of hydrogen-bond acceptors (Lipinski definition) is 5.